The molecule has 0 radical (unpaired) electrons. The van der Waals surface area contributed by atoms with Crippen LogP contribution in [0.1, 0.15) is 53.3 Å². The minimum absolute atomic E-state index is 0.0667. The second-order valence-corrected chi connectivity index (χ2v) is 8.04. The zero-order valence-corrected chi connectivity index (χ0v) is 17.1. The highest BCUT2D eigenvalue weighted by atomic mass is 16.3. The Morgan fingerprint density at radius 1 is 1.10 bits per heavy atom. The van der Waals surface area contributed by atoms with E-state index < -0.39 is 12.3 Å². The van der Waals surface area contributed by atoms with Crippen molar-refractivity contribution in [3.8, 4) is 5.75 Å². The van der Waals surface area contributed by atoms with Crippen LogP contribution in [0, 0.1) is 0 Å². The summed E-state index contributed by atoms with van der Waals surface area (Å²) >= 11 is 0. The third-order valence-corrected chi connectivity index (χ3v) is 6.17. The molecule has 154 valence electrons. The predicted octanol–water partition coefficient (Wildman–Crippen LogP) is 3.06. The summed E-state index contributed by atoms with van der Waals surface area (Å²) in [5, 5.41) is 37.0. The van der Waals surface area contributed by atoms with E-state index in [0.29, 0.717) is 18.3 Å². The van der Waals surface area contributed by atoms with Crippen LogP contribution in [-0.4, -0.2) is 34.1 Å². The van der Waals surface area contributed by atoms with Gasteiger partial charge in [-0.15, -0.1) is 0 Å². The summed E-state index contributed by atoms with van der Waals surface area (Å²) in [7, 11) is 0. The normalized spacial score (nSPS) is 19.0. The molecular weight excluding hydrogens is 364 g/mol. The van der Waals surface area contributed by atoms with Crippen LogP contribution in [-0.2, 0) is 25.7 Å². The van der Waals surface area contributed by atoms with Gasteiger partial charge in [0.2, 0.25) is 0 Å². The van der Waals surface area contributed by atoms with E-state index in [1.54, 1.807) is 24.3 Å². The number of nitrogens with one attached hydrogen (secondary N) is 2. The predicted molar refractivity (Wildman–Crippen MR) is 116 cm³/mol. The highest BCUT2D eigenvalue weighted by Crippen LogP contribution is 2.37. The maximum Gasteiger partial charge on any atom is 0.144 e. The Morgan fingerprint density at radius 2 is 1.76 bits per heavy atom. The molecule has 5 N–H and O–H groups in total. The number of hydrogen-bond donors (Lipinski definition) is 5. The molecule has 4 rings (SSSR count). The fourth-order valence-electron chi connectivity index (χ4n) is 4.59. The first-order valence-corrected chi connectivity index (χ1v) is 10.5. The molecule has 2 aromatic carbocycles. The van der Waals surface area contributed by atoms with Gasteiger partial charge in [-0.2, -0.15) is 0 Å². The van der Waals surface area contributed by atoms with Crippen LogP contribution in [0.5, 0.6) is 5.75 Å². The SMILES string of the molecule is CCc1cc2c(cc1CC)CC(NC[C@H](O)c1ccc(O)c3c1C=CC(O)N3)C2. The molecule has 1 aliphatic carbocycles. The molecule has 0 amide bonds. The van der Waals surface area contributed by atoms with E-state index in [4.69, 9.17) is 0 Å². The average Bonchev–Trinajstić information content (AvgIpc) is 3.13. The van der Waals surface area contributed by atoms with Gasteiger partial charge in [-0.1, -0.05) is 38.1 Å². The van der Waals surface area contributed by atoms with Crippen LogP contribution < -0.4 is 10.6 Å². The third kappa shape index (κ3) is 3.90. The Hall–Kier alpha value is -2.34. The molecule has 0 saturated carbocycles. The Labute approximate surface area is 172 Å². The minimum atomic E-state index is -0.836. The number of benzene rings is 2. The number of phenols is 1. The van der Waals surface area contributed by atoms with Gasteiger partial charge in [0.1, 0.15) is 12.0 Å². The van der Waals surface area contributed by atoms with Gasteiger partial charge < -0.3 is 26.0 Å². The van der Waals surface area contributed by atoms with E-state index >= 15 is 0 Å². The molecule has 1 aliphatic heterocycles. The first-order chi connectivity index (χ1) is 14.0. The van der Waals surface area contributed by atoms with Gasteiger partial charge in [-0.3, -0.25) is 0 Å². The third-order valence-electron chi connectivity index (χ3n) is 6.17. The highest BCUT2D eigenvalue weighted by molar-refractivity contribution is 5.78. The maximum absolute atomic E-state index is 10.8. The van der Waals surface area contributed by atoms with Gasteiger partial charge in [0.25, 0.3) is 0 Å². The lowest BCUT2D eigenvalue weighted by molar-refractivity contribution is 0.169. The smallest absolute Gasteiger partial charge is 0.144 e. The summed E-state index contributed by atoms with van der Waals surface area (Å²) in [5.74, 6) is 0.0667. The van der Waals surface area contributed by atoms with Crippen molar-refractivity contribution in [2.24, 2.45) is 0 Å². The Bertz CT molecular complexity index is 905. The minimum Gasteiger partial charge on any atom is -0.506 e. The summed E-state index contributed by atoms with van der Waals surface area (Å²) in [6.45, 7) is 4.86. The number of rotatable bonds is 6. The van der Waals surface area contributed by atoms with Crippen LogP contribution in [0.3, 0.4) is 0 Å². The molecule has 0 bridgehead atoms. The maximum atomic E-state index is 10.8. The van der Waals surface area contributed by atoms with Crippen molar-refractivity contribution < 1.29 is 15.3 Å². The number of aliphatic hydroxyl groups excluding tert-OH is 2. The van der Waals surface area contributed by atoms with Crippen LogP contribution in [0.15, 0.2) is 30.3 Å². The molecule has 1 heterocycles. The summed E-state index contributed by atoms with van der Waals surface area (Å²) in [4.78, 5) is 0. The molecule has 1 unspecified atom stereocenters. The van der Waals surface area contributed by atoms with E-state index in [0.717, 1.165) is 36.8 Å². The van der Waals surface area contributed by atoms with E-state index in [9.17, 15) is 15.3 Å². The molecule has 0 spiro atoms. The number of phenolic OH excluding ortho intramolecular Hbond substituents is 1. The average molecular weight is 395 g/mol. The van der Waals surface area contributed by atoms with E-state index in [1.807, 2.05) is 0 Å². The molecule has 5 nitrogen and oxygen atoms in total. The first kappa shape index (κ1) is 20.0. The van der Waals surface area contributed by atoms with Crippen molar-refractivity contribution in [3.05, 3.63) is 63.7 Å². The summed E-state index contributed by atoms with van der Waals surface area (Å²) in [5.41, 5.74) is 7.66. The molecule has 0 fully saturated rings. The highest BCUT2D eigenvalue weighted by Gasteiger charge is 2.25. The number of aromatic hydroxyl groups is 1. The lowest BCUT2D eigenvalue weighted by Gasteiger charge is -2.24. The Balaban J connectivity index is 1.44. The monoisotopic (exact) mass is 394 g/mol. The van der Waals surface area contributed by atoms with Crippen LogP contribution >= 0.6 is 0 Å². The first-order valence-electron chi connectivity index (χ1n) is 10.5. The van der Waals surface area contributed by atoms with Crippen LogP contribution in [0.2, 0.25) is 0 Å². The molecule has 2 aliphatic rings. The number of fused-ring (bicyclic) bond motifs is 2. The molecule has 0 saturated heterocycles. The van der Waals surface area contributed by atoms with Crippen molar-refractivity contribution in [1.29, 1.82) is 0 Å². The molecule has 5 heteroatoms. The van der Waals surface area contributed by atoms with Crippen molar-refractivity contribution in [2.75, 3.05) is 11.9 Å². The van der Waals surface area contributed by atoms with E-state index in [1.165, 1.54) is 22.3 Å². The number of aryl methyl sites for hydroxylation is 2. The van der Waals surface area contributed by atoms with Crippen LogP contribution in [0.25, 0.3) is 6.08 Å². The molecular formula is C24H30N2O3. The van der Waals surface area contributed by atoms with Crippen LogP contribution in [0.4, 0.5) is 5.69 Å². The zero-order valence-electron chi connectivity index (χ0n) is 17.1. The Morgan fingerprint density at radius 3 is 2.38 bits per heavy atom. The Kier molecular flexibility index (Phi) is 5.63. The van der Waals surface area contributed by atoms with Gasteiger partial charge in [0, 0.05) is 18.2 Å². The molecule has 0 aromatic heterocycles. The lowest BCUT2D eigenvalue weighted by atomic mass is 9.97. The molecule has 29 heavy (non-hydrogen) atoms. The largest absolute Gasteiger partial charge is 0.506 e. The van der Waals surface area contributed by atoms with Crippen molar-refractivity contribution in [2.45, 2.75) is 57.9 Å². The van der Waals surface area contributed by atoms with Crippen molar-refractivity contribution in [1.82, 2.24) is 5.32 Å². The number of anilines is 1. The standard InChI is InChI=1S/C24H30N2O3/c1-3-14-9-16-11-18(12-17(16)10-15(14)4-2)25-13-22(28)19-5-7-21(27)24-20(19)6-8-23(29)26-24/h5-10,18,22-23,25-29H,3-4,11-13H2,1-2H3/t22-,23?/m0/s1. The number of hydrogen-bond acceptors (Lipinski definition) is 5. The fourth-order valence-corrected chi connectivity index (χ4v) is 4.59. The zero-order chi connectivity index (χ0) is 20.5. The van der Waals surface area contributed by atoms with Gasteiger partial charge in [0.05, 0.1) is 11.8 Å². The summed E-state index contributed by atoms with van der Waals surface area (Å²) in [6, 6.07) is 8.35. The van der Waals surface area contributed by atoms with Gasteiger partial charge in [-0.25, -0.2) is 0 Å². The quantitative estimate of drug-likeness (QED) is 0.486. The lowest BCUT2D eigenvalue weighted by Crippen LogP contribution is -2.33. The van der Waals surface area contributed by atoms with Crippen molar-refractivity contribution >= 4 is 11.8 Å². The number of aliphatic hydroxyl groups is 2. The van der Waals surface area contributed by atoms with Crippen molar-refractivity contribution in [3.63, 3.8) is 0 Å². The topological polar surface area (TPSA) is 84.8 Å². The molecule has 2 atom stereocenters. The second kappa shape index (κ2) is 8.19. The van der Waals surface area contributed by atoms with E-state index in [-0.39, 0.29) is 5.75 Å². The van der Waals surface area contributed by atoms with Gasteiger partial charge in [0.15, 0.2) is 0 Å². The second-order valence-electron chi connectivity index (χ2n) is 8.04. The summed E-state index contributed by atoms with van der Waals surface area (Å²) in [6.07, 6.45) is 5.92. The summed E-state index contributed by atoms with van der Waals surface area (Å²) < 4.78 is 0. The molecule has 2 aromatic rings. The van der Waals surface area contributed by atoms with E-state index in [2.05, 4.69) is 36.6 Å². The van der Waals surface area contributed by atoms with Gasteiger partial charge in [-0.05, 0) is 65.6 Å². The fraction of sp³-hybridized carbons (Fsp3) is 0.417. The van der Waals surface area contributed by atoms with Gasteiger partial charge >= 0.3 is 0 Å².